The number of likely N-dealkylation sites (N-methyl/N-ethyl adjacent to an activating group) is 1. The highest BCUT2D eigenvalue weighted by molar-refractivity contribution is 6.42. The van der Waals surface area contributed by atoms with Crippen LogP contribution >= 0.6 is 23.2 Å². The Morgan fingerprint density at radius 2 is 1.71 bits per heavy atom. The third-order valence-corrected chi connectivity index (χ3v) is 4.34. The second-order valence-electron chi connectivity index (χ2n) is 4.93. The van der Waals surface area contributed by atoms with Gasteiger partial charge in [-0.3, -0.25) is 9.59 Å². The predicted octanol–water partition coefficient (Wildman–Crippen LogP) is 3.74. The molecule has 21 heavy (non-hydrogen) atoms. The van der Waals surface area contributed by atoms with Crippen molar-refractivity contribution in [2.45, 2.75) is 6.42 Å². The van der Waals surface area contributed by atoms with Crippen molar-refractivity contribution in [1.82, 2.24) is 0 Å². The third-order valence-electron chi connectivity index (χ3n) is 3.60. The van der Waals surface area contributed by atoms with Gasteiger partial charge in [-0.1, -0.05) is 23.2 Å². The van der Waals surface area contributed by atoms with Gasteiger partial charge in [0.25, 0.3) is 0 Å². The lowest BCUT2D eigenvalue weighted by Crippen LogP contribution is -2.20. The van der Waals surface area contributed by atoms with E-state index in [9.17, 15) is 9.59 Å². The molecule has 0 spiro atoms. The van der Waals surface area contributed by atoms with Crippen LogP contribution in [0, 0.1) is 0 Å². The maximum atomic E-state index is 12.5. The summed E-state index contributed by atoms with van der Waals surface area (Å²) < 4.78 is 0. The van der Waals surface area contributed by atoms with Gasteiger partial charge >= 0.3 is 0 Å². The summed E-state index contributed by atoms with van der Waals surface area (Å²) >= 11 is 11.8. The molecule has 3 rings (SSSR count). The Kier molecular flexibility index (Phi) is 3.47. The van der Waals surface area contributed by atoms with Crippen LogP contribution in [0.25, 0.3) is 0 Å². The van der Waals surface area contributed by atoms with Gasteiger partial charge < -0.3 is 4.90 Å². The molecular weight excluding hydrogens is 309 g/mol. The quantitative estimate of drug-likeness (QED) is 0.791. The summed E-state index contributed by atoms with van der Waals surface area (Å²) in [5.74, 6) is -0.109. The zero-order chi connectivity index (χ0) is 15.1. The van der Waals surface area contributed by atoms with Crippen molar-refractivity contribution in [3.8, 4) is 0 Å². The van der Waals surface area contributed by atoms with E-state index in [0.717, 1.165) is 11.3 Å². The van der Waals surface area contributed by atoms with E-state index in [4.69, 9.17) is 23.2 Å². The number of benzene rings is 2. The van der Waals surface area contributed by atoms with Crippen molar-refractivity contribution in [2.24, 2.45) is 0 Å². The third kappa shape index (κ3) is 2.43. The Labute approximate surface area is 132 Å². The molecule has 1 amide bonds. The minimum absolute atomic E-state index is 0.0316. The van der Waals surface area contributed by atoms with Crippen molar-refractivity contribution in [3.63, 3.8) is 0 Å². The number of hydrogen-bond acceptors (Lipinski definition) is 2. The molecule has 1 heterocycles. The van der Waals surface area contributed by atoms with E-state index in [2.05, 4.69) is 0 Å². The Morgan fingerprint density at radius 3 is 2.43 bits per heavy atom. The monoisotopic (exact) mass is 319 g/mol. The number of ketones is 1. The number of fused-ring (bicyclic) bond motifs is 1. The Balaban J connectivity index is 1.98. The van der Waals surface area contributed by atoms with E-state index in [-0.39, 0.29) is 11.7 Å². The summed E-state index contributed by atoms with van der Waals surface area (Å²) in [6.07, 6.45) is 0.328. The molecule has 0 saturated carbocycles. The smallest absolute Gasteiger partial charge is 0.231 e. The van der Waals surface area contributed by atoms with Crippen LogP contribution in [-0.2, 0) is 11.2 Å². The summed E-state index contributed by atoms with van der Waals surface area (Å²) in [5.41, 5.74) is 2.73. The van der Waals surface area contributed by atoms with Gasteiger partial charge in [-0.15, -0.1) is 0 Å². The maximum Gasteiger partial charge on any atom is 0.231 e. The van der Waals surface area contributed by atoms with Crippen molar-refractivity contribution < 1.29 is 9.59 Å². The van der Waals surface area contributed by atoms with Crippen molar-refractivity contribution in [3.05, 3.63) is 63.1 Å². The van der Waals surface area contributed by atoms with Gasteiger partial charge in [-0.25, -0.2) is 0 Å². The van der Waals surface area contributed by atoms with Crippen LogP contribution < -0.4 is 4.90 Å². The van der Waals surface area contributed by atoms with E-state index in [0.29, 0.717) is 27.6 Å². The van der Waals surface area contributed by atoms with Crippen LogP contribution in [0.1, 0.15) is 21.5 Å². The minimum Gasteiger partial charge on any atom is -0.315 e. The molecule has 2 aromatic carbocycles. The minimum atomic E-state index is -0.140. The molecule has 1 aliphatic rings. The molecule has 0 radical (unpaired) electrons. The summed E-state index contributed by atoms with van der Waals surface area (Å²) in [6.45, 7) is 0. The van der Waals surface area contributed by atoms with E-state index < -0.39 is 0 Å². The van der Waals surface area contributed by atoms with Crippen molar-refractivity contribution in [2.75, 3.05) is 11.9 Å². The van der Waals surface area contributed by atoms with Crippen LogP contribution in [0.2, 0.25) is 10.0 Å². The molecule has 0 aliphatic carbocycles. The fraction of sp³-hybridized carbons (Fsp3) is 0.125. The van der Waals surface area contributed by atoms with Crippen molar-refractivity contribution in [1.29, 1.82) is 0 Å². The molecular formula is C16H11Cl2NO2. The van der Waals surface area contributed by atoms with Gasteiger partial charge in [0.1, 0.15) is 0 Å². The van der Waals surface area contributed by atoms with Gasteiger partial charge in [0.2, 0.25) is 5.91 Å². The molecule has 0 fully saturated rings. The van der Waals surface area contributed by atoms with Gasteiger partial charge in [0.05, 0.1) is 16.5 Å². The molecule has 2 aromatic rings. The molecule has 0 saturated heterocycles. The lowest BCUT2D eigenvalue weighted by Gasteiger charge is -2.10. The molecule has 0 N–H and O–H groups in total. The topological polar surface area (TPSA) is 37.4 Å². The highest BCUT2D eigenvalue weighted by atomic mass is 35.5. The summed E-state index contributed by atoms with van der Waals surface area (Å²) in [7, 11) is 1.73. The highest BCUT2D eigenvalue weighted by Crippen LogP contribution is 2.30. The number of carbonyl (C=O) groups is 2. The molecule has 0 aromatic heterocycles. The van der Waals surface area contributed by atoms with Gasteiger partial charge in [0, 0.05) is 23.9 Å². The van der Waals surface area contributed by atoms with Crippen molar-refractivity contribution >= 4 is 40.6 Å². The average molecular weight is 320 g/mol. The predicted molar refractivity (Wildman–Crippen MR) is 83.5 cm³/mol. The summed E-state index contributed by atoms with van der Waals surface area (Å²) in [6, 6.07) is 10.1. The number of halogens is 2. The molecule has 3 nitrogen and oxygen atoms in total. The summed E-state index contributed by atoms with van der Waals surface area (Å²) in [4.78, 5) is 25.7. The van der Waals surface area contributed by atoms with Gasteiger partial charge in [-0.05, 0) is 42.0 Å². The number of anilines is 1. The molecule has 0 unspecified atom stereocenters. The van der Waals surface area contributed by atoms with Gasteiger partial charge in [0.15, 0.2) is 5.78 Å². The summed E-state index contributed by atoms with van der Waals surface area (Å²) in [5, 5.41) is 0.757. The molecule has 1 aliphatic heterocycles. The van der Waals surface area contributed by atoms with Crippen LogP contribution in [0.3, 0.4) is 0 Å². The largest absolute Gasteiger partial charge is 0.315 e. The standard InChI is InChI=1S/C16H11Cl2NO2/c1-19-14-5-3-9(6-11(14)8-15(19)20)16(21)10-2-4-12(17)13(18)7-10/h2-7H,8H2,1H3. The van der Waals surface area contributed by atoms with E-state index >= 15 is 0 Å². The lowest BCUT2D eigenvalue weighted by atomic mass is 10.0. The number of carbonyl (C=O) groups excluding carboxylic acids is 2. The first-order chi connectivity index (χ1) is 9.97. The van der Waals surface area contributed by atoms with E-state index in [1.54, 1.807) is 48.3 Å². The normalized spacial score (nSPS) is 13.5. The van der Waals surface area contributed by atoms with Crippen LogP contribution in [-0.4, -0.2) is 18.7 Å². The SMILES string of the molecule is CN1C(=O)Cc2cc(C(=O)c3ccc(Cl)c(Cl)c3)ccc21. The Morgan fingerprint density at radius 1 is 1.05 bits per heavy atom. The number of nitrogens with zero attached hydrogens (tertiary/aromatic N) is 1. The van der Waals surface area contributed by atoms with Crippen LogP contribution in [0.4, 0.5) is 5.69 Å². The van der Waals surface area contributed by atoms with Crippen LogP contribution in [0.5, 0.6) is 0 Å². The highest BCUT2D eigenvalue weighted by Gasteiger charge is 2.25. The first kappa shape index (κ1) is 14.1. The second kappa shape index (κ2) is 5.17. The number of amides is 1. The fourth-order valence-electron chi connectivity index (χ4n) is 2.42. The van der Waals surface area contributed by atoms with E-state index in [1.807, 2.05) is 0 Å². The van der Waals surface area contributed by atoms with Gasteiger partial charge in [-0.2, -0.15) is 0 Å². The average Bonchev–Trinajstić information content (AvgIpc) is 2.76. The fourth-order valence-corrected chi connectivity index (χ4v) is 2.71. The molecule has 0 atom stereocenters. The number of hydrogen-bond donors (Lipinski definition) is 0. The molecule has 106 valence electrons. The lowest BCUT2D eigenvalue weighted by molar-refractivity contribution is -0.117. The number of rotatable bonds is 2. The Bertz CT molecular complexity index is 771. The zero-order valence-corrected chi connectivity index (χ0v) is 12.7. The zero-order valence-electron chi connectivity index (χ0n) is 11.2. The second-order valence-corrected chi connectivity index (χ2v) is 5.75. The first-order valence-corrected chi connectivity index (χ1v) is 7.12. The van der Waals surface area contributed by atoms with E-state index in [1.165, 1.54) is 0 Å². The van der Waals surface area contributed by atoms with Crippen LogP contribution in [0.15, 0.2) is 36.4 Å². The molecule has 0 bridgehead atoms. The first-order valence-electron chi connectivity index (χ1n) is 6.36. The molecule has 5 heteroatoms. The maximum absolute atomic E-state index is 12.5. The Hall–Kier alpha value is -1.84.